The number of unbranched alkanes of at least 4 members (excludes halogenated alkanes) is 6. The zero-order valence-corrected chi connectivity index (χ0v) is 15.1. The van der Waals surface area contributed by atoms with Crippen LogP contribution in [0.1, 0.15) is 75.6 Å². The Hall–Kier alpha value is -1.91. The van der Waals surface area contributed by atoms with Crippen molar-refractivity contribution in [2.75, 3.05) is 13.1 Å². The molecule has 3 amide bonds. The lowest BCUT2D eigenvalue weighted by atomic mass is 10.1. The van der Waals surface area contributed by atoms with E-state index in [1.54, 1.807) is 24.5 Å². The third kappa shape index (κ3) is 7.57. The van der Waals surface area contributed by atoms with Gasteiger partial charge in [-0.05, 0) is 25.0 Å². The van der Waals surface area contributed by atoms with Crippen molar-refractivity contribution in [2.24, 2.45) is 0 Å². The molecule has 0 unspecified atom stereocenters. The quantitative estimate of drug-likeness (QED) is 0.611. The van der Waals surface area contributed by atoms with Gasteiger partial charge in [0.25, 0.3) is 5.91 Å². The van der Waals surface area contributed by atoms with Gasteiger partial charge in [-0.15, -0.1) is 0 Å². The molecule has 0 aliphatic heterocycles. The van der Waals surface area contributed by atoms with Gasteiger partial charge in [0.05, 0.1) is 0 Å². The summed E-state index contributed by atoms with van der Waals surface area (Å²) in [5, 5.41) is 2.88. The van der Waals surface area contributed by atoms with Gasteiger partial charge in [0.15, 0.2) is 0 Å². The Balaban J connectivity index is 2.45. The third-order valence-corrected chi connectivity index (χ3v) is 3.96. The molecule has 0 aliphatic carbocycles. The van der Waals surface area contributed by atoms with Crippen molar-refractivity contribution < 1.29 is 9.59 Å². The van der Waals surface area contributed by atoms with Crippen LogP contribution in [0.3, 0.4) is 0 Å². The summed E-state index contributed by atoms with van der Waals surface area (Å²) in [4.78, 5) is 30.1. The summed E-state index contributed by atoms with van der Waals surface area (Å²) < 4.78 is 0. The van der Waals surface area contributed by atoms with Gasteiger partial charge in [-0.1, -0.05) is 52.4 Å². The van der Waals surface area contributed by atoms with Crippen molar-refractivity contribution in [3.8, 4) is 0 Å². The van der Waals surface area contributed by atoms with Gasteiger partial charge in [-0.25, -0.2) is 4.79 Å². The topological polar surface area (TPSA) is 62.3 Å². The van der Waals surface area contributed by atoms with Crippen LogP contribution in [0.2, 0.25) is 0 Å². The maximum atomic E-state index is 12.5. The van der Waals surface area contributed by atoms with Gasteiger partial charge < -0.3 is 5.32 Å². The maximum absolute atomic E-state index is 12.5. The Bertz CT molecular complexity index is 477. The molecule has 0 fully saturated rings. The molecule has 1 heterocycles. The van der Waals surface area contributed by atoms with Crippen LogP contribution in [0.5, 0.6) is 0 Å². The van der Waals surface area contributed by atoms with Gasteiger partial charge in [-0.2, -0.15) is 0 Å². The Morgan fingerprint density at radius 2 is 1.58 bits per heavy atom. The van der Waals surface area contributed by atoms with E-state index in [1.807, 2.05) is 6.92 Å². The largest absolute Gasteiger partial charge is 0.338 e. The number of hydrogen-bond donors (Lipinski definition) is 1. The molecule has 5 heteroatoms. The lowest BCUT2D eigenvalue weighted by Crippen LogP contribution is -2.44. The monoisotopic (exact) mass is 333 g/mol. The Morgan fingerprint density at radius 3 is 2.25 bits per heavy atom. The van der Waals surface area contributed by atoms with Crippen LogP contribution in [0.15, 0.2) is 24.5 Å². The van der Waals surface area contributed by atoms with Crippen LogP contribution in [0.25, 0.3) is 0 Å². The summed E-state index contributed by atoms with van der Waals surface area (Å²) in [6, 6.07) is 2.99. The second-order valence-electron chi connectivity index (χ2n) is 6.05. The lowest BCUT2D eigenvalue weighted by molar-refractivity contribution is 0.0798. The standard InChI is InChI=1S/C19H31N3O2/c1-3-5-7-8-9-10-13-21-19(24)22(16-6-4-2)18(23)17-11-14-20-15-12-17/h11-12,14-15H,3-10,13,16H2,1-2H3,(H,21,24). The number of carbonyl (C=O) groups is 2. The van der Waals surface area contributed by atoms with Crippen LogP contribution in [-0.4, -0.2) is 34.9 Å². The summed E-state index contributed by atoms with van der Waals surface area (Å²) in [5.41, 5.74) is 0.496. The van der Waals surface area contributed by atoms with Gasteiger partial charge in [0.1, 0.15) is 0 Å². The fourth-order valence-corrected chi connectivity index (χ4v) is 2.46. The van der Waals surface area contributed by atoms with Crippen LogP contribution < -0.4 is 5.32 Å². The highest BCUT2D eigenvalue weighted by Gasteiger charge is 2.21. The molecule has 0 spiro atoms. The number of rotatable bonds is 11. The fraction of sp³-hybridized carbons (Fsp3) is 0.632. The predicted octanol–water partition coefficient (Wildman–Crippen LogP) is 4.39. The average molecular weight is 333 g/mol. The number of imide groups is 1. The highest BCUT2D eigenvalue weighted by atomic mass is 16.2. The number of hydrogen-bond acceptors (Lipinski definition) is 3. The van der Waals surface area contributed by atoms with E-state index in [1.165, 1.54) is 30.6 Å². The number of urea groups is 1. The van der Waals surface area contributed by atoms with Crippen molar-refractivity contribution in [1.82, 2.24) is 15.2 Å². The van der Waals surface area contributed by atoms with Crippen molar-refractivity contribution in [3.63, 3.8) is 0 Å². The molecule has 134 valence electrons. The number of nitrogens with zero attached hydrogens (tertiary/aromatic N) is 2. The van der Waals surface area contributed by atoms with Crippen molar-refractivity contribution in [2.45, 2.75) is 65.2 Å². The lowest BCUT2D eigenvalue weighted by Gasteiger charge is -2.21. The predicted molar refractivity (Wildman–Crippen MR) is 97.0 cm³/mol. The number of nitrogens with one attached hydrogen (secondary N) is 1. The molecule has 5 nitrogen and oxygen atoms in total. The summed E-state index contributed by atoms with van der Waals surface area (Å²) in [7, 11) is 0. The van der Waals surface area contributed by atoms with Gasteiger partial charge >= 0.3 is 6.03 Å². The van der Waals surface area contributed by atoms with E-state index >= 15 is 0 Å². The normalized spacial score (nSPS) is 10.4. The van der Waals surface area contributed by atoms with Gasteiger partial charge in [-0.3, -0.25) is 14.7 Å². The minimum Gasteiger partial charge on any atom is -0.338 e. The first-order valence-corrected chi connectivity index (χ1v) is 9.20. The number of carbonyl (C=O) groups excluding carboxylic acids is 2. The van der Waals surface area contributed by atoms with E-state index in [0.717, 1.165) is 25.7 Å². The first-order chi connectivity index (χ1) is 11.7. The van der Waals surface area contributed by atoms with Crippen LogP contribution >= 0.6 is 0 Å². The summed E-state index contributed by atoms with van der Waals surface area (Å²) in [6.45, 7) is 5.31. The molecule has 24 heavy (non-hydrogen) atoms. The Morgan fingerprint density at radius 1 is 0.958 bits per heavy atom. The van der Waals surface area contributed by atoms with Crippen LogP contribution in [-0.2, 0) is 0 Å². The van der Waals surface area contributed by atoms with Crippen molar-refractivity contribution in [3.05, 3.63) is 30.1 Å². The highest BCUT2D eigenvalue weighted by Crippen LogP contribution is 2.07. The number of aromatic nitrogens is 1. The molecular weight excluding hydrogens is 302 g/mol. The molecule has 0 aliphatic rings. The second-order valence-corrected chi connectivity index (χ2v) is 6.05. The van der Waals surface area contributed by atoms with E-state index < -0.39 is 0 Å². The van der Waals surface area contributed by atoms with Crippen molar-refractivity contribution >= 4 is 11.9 Å². The molecule has 1 aromatic rings. The zero-order chi connectivity index (χ0) is 17.6. The molecular formula is C19H31N3O2. The van der Waals surface area contributed by atoms with E-state index in [-0.39, 0.29) is 11.9 Å². The fourth-order valence-electron chi connectivity index (χ4n) is 2.46. The summed E-state index contributed by atoms with van der Waals surface area (Å²) in [6.07, 6.45) is 11.9. The van der Waals surface area contributed by atoms with E-state index in [2.05, 4.69) is 17.2 Å². The number of amides is 3. The molecule has 0 atom stereocenters. The van der Waals surface area contributed by atoms with E-state index in [9.17, 15) is 9.59 Å². The minimum atomic E-state index is -0.293. The average Bonchev–Trinajstić information content (AvgIpc) is 2.61. The summed E-state index contributed by atoms with van der Waals surface area (Å²) in [5.74, 6) is -0.258. The first-order valence-electron chi connectivity index (χ1n) is 9.20. The van der Waals surface area contributed by atoms with Crippen LogP contribution in [0.4, 0.5) is 4.79 Å². The zero-order valence-electron chi connectivity index (χ0n) is 15.1. The molecule has 1 rings (SSSR count). The van der Waals surface area contributed by atoms with E-state index in [0.29, 0.717) is 18.7 Å². The van der Waals surface area contributed by atoms with Gasteiger partial charge in [0.2, 0.25) is 0 Å². The SMILES string of the molecule is CCCCCCCCNC(=O)N(CCCC)C(=O)c1ccncc1. The molecule has 1 aromatic heterocycles. The van der Waals surface area contributed by atoms with Crippen LogP contribution in [0, 0.1) is 0 Å². The minimum absolute atomic E-state index is 0.258. The molecule has 0 aromatic carbocycles. The van der Waals surface area contributed by atoms with Gasteiger partial charge in [0, 0.05) is 31.0 Å². The molecule has 0 bridgehead atoms. The van der Waals surface area contributed by atoms with Crippen molar-refractivity contribution in [1.29, 1.82) is 0 Å². The number of pyridine rings is 1. The smallest absolute Gasteiger partial charge is 0.324 e. The Kier molecular flexibility index (Phi) is 10.5. The third-order valence-electron chi connectivity index (χ3n) is 3.96. The molecule has 0 radical (unpaired) electrons. The molecule has 1 N–H and O–H groups in total. The maximum Gasteiger partial charge on any atom is 0.324 e. The van der Waals surface area contributed by atoms with E-state index in [4.69, 9.17) is 0 Å². The molecule has 0 saturated carbocycles. The summed E-state index contributed by atoms with van der Waals surface area (Å²) >= 11 is 0. The highest BCUT2D eigenvalue weighted by molar-refractivity contribution is 6.04. The second kappa shape index (κ2) is 12.5. The Labute approximate surface area is 145 Å². The molecule has 0 saturated heterocycles. The first kappa shape index (κ1) is 20.1.